The minimum atomic E-state index is -0.241. The second-order valence-electron chi connectivity index (χ2n) is 5.98. The van der Waals surface area contributed by atoms with Gasteiger partial charge in [0.25, 0.3) is 5.91 Å². The second-order valence-corrected chi connectivity index (χ2v) is 5.98. The van der Waals surface area contributed by atoms with E-state index in [9.17, 15) is 4.79 Å². The van der Waals surface area contributed by atoms with Crippen LogP contribution >= 0.6 is 0 Å². The molecule has 4 nitrogen and oxygen atoms in total. The Morgan fingerprint density at radius 2 is 1.71 bits per heavy atom. The van der Waals surface area contributed by atoms with Crippen molar-refractivity contribution in [2.45, 2.75) is 52.9 Å². The van der Waals surface area contributed by atoms with Gasteiger partial charge in [-0.25, -0.2) is 5.43 Å². The largest absolute Gasteiger partial charge is 0.484 e. The van der Waals surface area contributed by atoms with Crippen LogP contribution in [0.4, 0.5) is 0 Å². The first kappa shape index (κ1) is 17.2. The van der Waals surface area contributed by atoms with Crippen LogP contribution in [0.25, 0.3) is 0 Å². The average molecular weight is 290 g/mol. The van der Waals surface area contributed by atoms with E-state index in [0.717, 1.165) is 18.6 Å². The second kappa shape index (κ2) is 7.81. The van der Waals surface area contributed by atoms with Crippen LogP contribution in [0.3, 0.4) is 0 Å². The molecule has 0 bridgehead atoms. The molecule has 0 saturated carbocycles. The van der Waals surface area contributed by atoms with Crippen LogP contribution in [0.5, 0.6) is 5.75 Å². The maximum atomic E-state index is 11.6. The summed E-state index contributed by atoms with van der Waals surface area (Å²) in [5.74, 6) is 0.447. The van der Waals surface area contributed by atoms with E-state index < -0.39 is 0 Å². The molecular weight excluding hydrogens is 264 g/mol. The Morgan fingerprint density at radius 1 is 1.14 bits per heavy atom. The highest BCUT2D eigenvalue weighted by atomic mass is 16.5. The third kappa shape index (κ3) is 5.98. The van der Waals surface area contributed by atoms with E-state index in [4.69, 9.17) is 4.74 Å². The summed E-state index contributed by atoms with van der Waals surface area (Å²) in [7, 11) is 0. The van der Waals surface area contributed by atoms with E-state index in [-0.39, 0.29) is 17.9 Å². The molecule has 21 heavy (non-hydrogen) atoms. The van der Waals surface area contributed by atoms with Crippen molar-refractivity contribution in [2.75, 3.05) is 6.61 Å². The lowest BCUT2D eigenvalue weighted by Gasteiger charge is -2.19. The topological polar surface area (TPSA) is 50.7 Å². The van der Waals surface area contributed by atoms with Crippen molar-refractivity contribution in [2.24, 2.45) is 5.10 Å². The molecule has 0 atom stereocenters. The van der Waals surface area contributed by atoms with Gasteiger partial charge in [0.2, 0.25) is 0 Å². The van der Waals surface area contributed by atoms with E-state index in [1.807, 2.05) is 38.1 Å². The molecule has 0 fully saturated rings. The molecule has 1 aromatic carbocycles. The Bertz CT molecular complexity index is 479. The van der Waals surface area contributed by atoms with E-state index >= 15 is 0 Å². The molecule has 0 spiro atoms. The smallest absolute Gasteiger partial charge is 0.277 e. The Morgan fingerprint density at radius 3 is 2.19 bits per heavy atom. The summed E-state index contributed by atoms with van der Waals surface area (Å²) in [5.41, 5.74) is 4.83. The van der Waals surface area contributed by atoms with Crippen molar-refractivity contribution in [1.82, 2.24) is 5.43 Å². The van der Waals surface area contributed by atoms with Gasteiger partial charge in [0.05, 0.1) is 0 Å². The van der Waals surface area contributed by atoms with Crippen molar-refractivity contribution in [3.05, 3.63) is 29.8 Å². The molecule has 1 amide bonds. The average Bonchev–Trinajstić information content (AvgIpc) is 2.45. The Balaban J connectivity index is 2.48. The highest BCUT2D eigenvalue weighted by Gasteiger charge is 2.13. The molecule has 116 valence electrons. The lowest BCUT2D eigenvalue weighted by atomic mass is 9.87. The molecule has 0 unspecified atom stereocenters. The molecule has 0 saturated heterocycles. The fraction of sp³-hybridized carbons (Fsp3) is 0.529. The van der Waals surface area contributed by atoms with Gasteiger partial charge in [0, 0.05) is 5.71 Å². The van der Waals surface area contributed by atoms with E-state index in [2.05, 4.69) is 31.3 Å². The van der Waals surface area contributed by atoms with Crippen molar-refractivity contribution < 1.29 is 9.53 Å². The summed E-state index contributed by atoms with van der Waals surface area (Å²) >= 11 is 0. The van der Waals surface area contributed by atoms with Gasteiger partial charge in [0.15, 0.2) is 6.61 Å². The summed E-state index contributed by atoms with van der Waals surface area (Å²) in [6.45, 7) is 10.5. The van der Waals surface area contributed by atoms with E-state index in [0.29, 0.717) is 5.75 Å². The molecule has 0 aromatic heterocycles. The summed E-state index contributed by atoms with van der Waals surface area (Å²) in [4.78, 5) is 11.6. The van der Waals surface area contributed by atoms with Gasteiger partial charge in [-0.15, -0.1) is 0 Å². The van der Waals surface area contributed by atoms with Crippen molar-refractivity contribution >= 4 is 11.6 Å². The highest BCUT2D eigenvalue weighted by molar-refractivity contribution is 5.86. The Hall–Kier alpha value is -1.84. The predicted octanol–water partition coefficient (Wildman–Crippen LogP) is 3.66. The maximum Gasteiger partial charge on any atom is 0.277 e. The molecule has 1 rings (SSSR count). The van der Waals surface area contributed by atoms with E-state index in [1.165, 1.54) is 5.56 Å². The minimum Gasteiger partial charge on any atom is -0.484 e. The fourth-order valence-corrected chi connectivity index (χ4v) is 1.78. The molecule has 0 aliphatic heterocycles. The first-order valence-electron chi connectivity index (χ1n) is 7.44. The van der Waals surface area contributed by atoms with Gasteiger partial charge in [-0.2, -0.15) is 5.10 Å². The van der Waals surface area contributed by atoms with Crippen LogP contribution in [0.1, 0.15) is 53.0 Å². The normalized spacial score (nSPS) is 10.9. The number of ether oxygens (including phenoxy) is 1. The zero-order chi connectivity index (χ0) is 15.9. The lowest BCUT2D eigenvalue weighted by molar-refractivity contribution is -0.123. The number of carbonyl (C=O) groups is 1. The summed E-state index contributed by atoms with van der Waals surface area (Å²) < 4.78 is 5.45. The van der Waals surface area contributed by atoms with Gasteiger partial charge in [-0.3, -0.25) is 4.79 Å². The van der Waals surface area contributed by atoms with Crippen LogP contribution in [0.2, 0.25) is 0 Å². The van der Waals surface area contributed by atoms with Gasteiger partial charge in [0.1, 0.15) is 5.75 Å². The number of rotatable bonds is 6. The molecule has 0 radical (unpaired) electrons. The first-order valence-corrected chi connectivity index (χ1v) is 7.44. The first-order chi connectivity index (χ1) is 9.86. The molecular formula is C17H26N2O2. The standard InChI is InChI=1S/C17H26N2O2/c1-6-14(7-2)18-19-16(20)12-21-15-10-8-13(9-11-15)17(3,4)5/h8-11H,6-7,12H2,1-5H3,(H,19,20). The number of nitrogens with one attached hydrogen (secondary N) is 1. The van der Waals surface area contributed by atoms with Crippen LogP contribution in [-0.4, -0.2) is 18.2 Å². The monoisotopic (exact) mass is 290 g/mol. The van der Waals surface area contributed by atoms with Gasteiger partial charge in [-0.05, 0) is 36.0 Å². The third-order valence-corrected chi connectivity index (χ3v) is 3.25. The van der Waals surface area contributed by atoms with Crippen molar-refractivity contribution in [3.8, 4) is 5.75 Å². The van der Waals surface area contributed by atoms with Crippen LogP contribution in [-0.2, 0) is 10.2 Å². The van der Waals surface area contributed by atoms with Gasteiger partial charge >= 0.3 is 0 Å². The Kier molecular flexibility index (Phi) is 6.40. The molecule has 0 heterocycles. The van der Waals surface area contributed by atoms with Crippen LogP contribution in [0.15, 0.2) is 29.4 Å². The predicted molar refractivity (Wildman–Crippen MR) is 86.8 cm³/mol. The van der Waals surface area contributed by atoms with E-state index in [1.54, 1.807) is 0 Å². The Labute approximate surface area is 127 Å². The molecule has 0 aliphatic carbocycles. The number of hydrogen-bond donors (Lipinski definition) is 1. The van der Waals surface area contributed by atoms with Gasteiger partial charge < -0.3 is 4.74 Å². The van der Waals surface area contributed by atoms with Crippen molar-refractivity contribution in [3.63, 3.8) is 0 Å². The summed E-state index contributed by atoms with van der Waals surface area (Å²) in [6, 6.07) is 7.83. The number of hydrogen-bond acceptors (Lipinski definition) is 3. The fourth-order valence-electron chi connectivity index (χ4n) is 1.78. The van der Waals surface area contributed by atoms with Crippen molar-refractivity contribution in [1.29, 1.82) is 0 Å². The summed E-state index contributed by atoms with van der Waals surface area (Å²) in [6.07, 6.45) is 1.68. The lowest BCUT2D eigenvalue weighted by Crippen LogP contribution is -2.25. The summed E-state index contributed by atoms with van der Waals surface area (Å²) in [5, 5.41) is 4.06. The quantitative estimate of drug-likeness (QED) is 0.642. The van der Waals surface area contributed by atoms with Gasteiger partial charge in [-0.1, -0.05) is 46.8 Å². The molecule has 0 aliphatic rings. The number of benzene rings is 1. The number of carbonyl (C=O) groups excluding carboxylic acids is 1. The number of amides is 1. The zero-order valence-corrected chi connectivity index (χ0v) is 13.7. The number of nitrogens with zero attached hydrogens (tertiary/aromatic N) is 1. The molecule has 1 N–H and O–H groups in total. The van der Waals surface area contributed by atoms with Crippen LogP contribution in [0, 0.1) is 0 Å². The highest BCUT2D eigenvalue weighted by Crippen LogP contribution is 2.24. The molecule has 4 heteroatoms. The SMILES string of the molecule is CCC(CC)=NNC(=O)COc1ccc(C(C)(C)C)cc1. The number of hydrazone groups is 1. The third-order valence-electron chi connectivity index (χ3n) is 3.25. The molecule has 1 aromatic rings. The van der Waals surface area contributed by atoms with Crippen LogP contribution < -0.4 is 10.2 Å². The maximum absolute atomic E-state index is 11.6. The zero-order valence-electron chi connectivity index (χ0n) is 13.7. The minimum absolute atomic E-state index is 0.0287.